The quantitative estimate of drug-likeness (QED) is 0.409. The summed E-state index contributed by atoms with van der Waals surface area (Å²) in [6.45, 7) is 6.31. The number of amides is 2. The van der Waals surface area contributed by atoms with Gasteiger partial charge >= 0.3 is 5.97 Å². The highest BCUT2D eigenvalue weighted by molar-refractivity contribution is 7.17. The molecule has 3 aromatic rings. The van der Waals surface area contributed by atoms with Gasteiger partial charge in [0.2, 0.25) is 5.91 Å². The van der Waals surface area contributed by atoms with Crippen molar-refractivity contribution in [3.05, 3.63) is 64.5 Å². The molecule has 1 N–H and O–H groups in total. The van der Waals surface area contributed by atoms with E-state index in [0.717, 1.165) is 34.3 Å². The highest BCUT2D eigenvalue weighted by Gasteiger charge is 2.51. The van der Waals surface area contributed by atoms with Crippen LogP contribution in [0.3, 0.4) is 0 Å². The highest BCUT2D eigenvalue weighted by atomic mass is 32.1. The SMILES string of the molecule is CCOC(=O)CCCN(Cc1ccc2c(c1)NCC2)C(=O)C1(C)CCN1C(=O)c1csc2ccccc12. The third-order valence-corrected chi connectivity index (χ3v) is 8.46. The number of esters is 1. The Morgan fingerprint density at radius 3 is 2.81 bits per heavy atom. The smallest absolute Gasteiger partial charge is 0.305 e. The summed E-state index contributed by atoms with van der Waals surface area (Å²) in [7, 11) is 0. The van der Waals surface area contributed by atoms with Gasteiger partial charge in [0.1, 0.15) is 5.54 Å². The van der Waals surface area contributed by atoms with Gasteiger partial charge in [0.05, 0.1) is 12.2 Å². The Labute approximate surface area is 221 Å². The van der Waals surface area contributed by atoms with E-state index in [1.807, 2.05) is 36.6 Å². The largest absolute Gasteiger partial charge is 0.466 e. The fourth-order valence-electron chi connectivity index (χ4n) is 5.29. The van der Waals surface area contributed by atoms with E-state index in [9.17, 15) is 14.4 Å². The third-order valence-electron chi connectivity index (χ3n) is 7.49. The maximum absolute atomic E-state index is 14.0. The Bertz CT molecular complexity index is 1340. The Balaban J connectivity index is 1.36. The molecule has 1 aromatic heterocycles. The second kappa shape index (κ2) is 10.5. The first-order valence-electron chi connectivity index (χ1n) is 13.0. The van der Waals surface area contributed by atoms with Crippen molar-refractivity contribution in [1.29, 1.82) is 0 Å². The number of anilines is 1. The van der Waals surface area contributed by atoms with Crippen LogP contribution in [0.4, 0.5) is 5.69 Å². The van der Waals surface area contributed by atoms with Crippen molar-refractivity contribution in [1.82, 2.24) is 9.80 Å². The standard InChI is InChI=1S/C29H33N3O4S/c1-3-36-26(33)9-6-15-31(18-20-10-11-21-12-14-30-24(21)17-20)28(35)29(2)13-16-32(29)27(34)23-19-37-25-8-5-4-7-22(23)25/h4-5,7-8,10-11,17,19,30H,3,6,9,12-16,18H2,1-2H3. The molecule has 3 heterocycles. The number of nitrogens with one attached hydrogen (secondary N) is 1. The van der Waals surface area contributed by atoms with E-state index >= 15 is 0 Å². The zero-order valence-corrected chi connectivity index (χ0v) is 22.2. The van der Waals surface area contributed by atoms with E-state index < -0.39 is 5.54 Å². The fourth-order valence-corrected chi connectivity index (χ4v) is 6.23. The van der Waals surface area contributed by atoms with Crippen LogP contribution in [-0.2, 0) is 27.3 Å². The molecule has 1 atom stereocenters. The number of benzene rings is 2. The molecule has 0 saturated carbocycles. The molecule has 1 saturated heterocycles. The van der Waals surface area contributed by atoms with Crippen LogP contribution < -0.4 is 5.32 Å². The van der Waals surface area contributed by atoms with Crippen LogP contribution in [0, 0.1) is 0 Å². The van der Waals surface area contributed by atoms with Crippen LogP contribution in [0.5, 0.6) is 0 Å². The maximum Gasteiger partial charge on any atom is 0.305 e. The van der Waals surface area contributed by atoms with Crippen LogP contribution in [0.2, 0.25) is 0 Å². The van der Waals surface area contributed by atoms with Gasteiger partial charge in [-0.05, 0) is 56.4 Å². The van der Waals surface area contributed by atoms with Crippen molar-refractivity contribution in [3.8, 4) is 0 Å². The lowest BCUT2D eigenvalue weighted by Gasteiger charge is -2.51. The number of hydrogen-bond donors (Lipinski definition) is 1. The van der Waals surface area contributed by atoms with Crippen molar-refractivity contribution in [2.45, 2.75) is 51.6 Å². The zero-order chi connectivity index (χ0) is 26.0. The normalized spacial score (nSPS) is 18.2. The summed E-state index contributed by atoms with van der Waals surface area (Å²) in [5.41, 5.74) is 3.17. The summed E-state index contributed by atoms with van der Waals surface area (Å²) in [6, 6.07) is 14.2. The molecule has 0 bridgehead atoms. The Hall–Kier alpha value is -3.39. The molecule has 0 radical (unpaired) electrons. The van der Waals surface area contributed by atoms with Gasteiger partial charge < -0.3 is 19.9 Å². The van der Waals surface area contributed by atoms with Gasteiger partial charge in [0.15, 0.2) is 0 Å². The molecule has 2 aliphatic heterocycles. The average molecular weight is 520 g/mol. The van der Waals surface area contributed by atoms with Gasteiger partial charge in [0, 0.05) is 53.8 Å². The first-order valence-corrected chi connectivity index (χ1v) is 13.9. The van der Waals surface area contributed by atoms with Crippen molar-refractivity contribution in [2.75, 3.05) is 31.6 Å². The first-order chi connectivity index (χ1) is 17.9. The van der Waals surface area contributed by atoms with E-state index in [4.69, 9.17) is 4.74 Å². The minimum absolute atomic E-state index is 0.0797. The molecule has 0 aliphatic carbocycles. The van der Waals surface area contributed by atoms with Crippen molar-refractivity contribution >= 4 is 44.9 Å². The molecule has 8 heteroatoms. The minimum Gasteiger partial charge on any atom is -0.466 e. The summed E-state index contributed by atoms with van der Waals surface area (Å²) >= 11 is 1.55. The van der Waals surface area contributed by atoms with Crippen LogP contribution in [0.25, 0.3) is 10.1 Å². The van der Waals surface area contributed by atoms with E-state index in [2.05, 4.69) is 23.5 Å². The van der Waals surface area contributed by atoms with Gasteiger partial charge in [-0.25, -0.2) is 0 Å². The Morgan fingerprint density at radius 1 is 1.19 bits per heavy atom. The molecule has 2 aliphatic rings. The number of hydrogen-bond acceptors (Lipinski definition) is 6. The Kier molecular flexibility index (Phi) is 7.20. The number of carbonyl (C=O) groups is 3. The minimum atomic E-state index is -0.918. The molecule has 2 aromatic carbocycles. The summed E-state index contributed by atoms with van der Waals surface area (Å²) in [4.78, 5) is 43.1. The third kappa shape index (κ3) is 4.94. The number of likely N-dealkylation sites (tertiary alicyclic amines) is 1. The molecule has 194 valence electrons. The van der Waals surface area contributed by atoms with Crippen molar-refractivity contribution in [2.24, 2.45) is 0 Å². The summed E-state index contributed by atoms with van der Waals surface area (Å²) in [5, 5.41) is 6.22. The van der Waals surface area contributed by atoms with E-state index in [0.29, 0.717) is 44.6 Å². The molecular weight excluding hydrogens is 486 g/mol. The summed E-state index contributed by atoms with van der Waals surface area (Å²) < 4.78 is 6.14. The van der Waals surface area contributed by atoms with Gasteiger partial charge in [-0.1, -0.05) is 30.3 Å². The molecule has 0 spiro atoms. The number of rotatable bonds is 9. The maximum atomic E-state index is 14.0. The molecule has 37 heavy (non-hydrogen) atoms. The molecule has 2 amide bonds. The van der Waals surface area contributed by atoms with E-state index in [-0.39, 0.29) is 24.2 Å². The highest BCUT2D eigenvalue weighted by Crippen LogP contribution is 2.37. The van der Waals surface area contributed by atoms with E-state index in [1.54, 1.807) is 28.1 Å². The van der Waals surface area contributed by atoms with Gasteiger partial charge in [0.25, 0.3) is 5.91 Å². The zero-order valence-electron chi connectivity index (χ0n) is 21.4. The number of nitrogens with zero attached hydrogens (tertiary/aromatic N) is 2. The number of ether oxygens (including phenoxy) is 1. The number of fused-ring (bicyclic) bond motifs is 2. The monoisotopic (exact) mass is 519 g/mol. The second-order valence-corrected chi connectivity index (χ2v) is 10.8. The lowest BCUT2D eigenvalue weighted by atomic mass is 9.84. The predicted octanol–water partition coefficient (Wildman–Crippen LogP) is 4.85. The lowest BCUT2D eigenvalue weighted by Crippen LogP contribution is -2.67. The van der Waals surface area contributed by atoms with Crippen LogP contribution in [0.1, 0.15) is 54.6 Å². The Morgan fingerprint density at radius 2 is 2.03 bits per heavy atom. The topological polar surface area (TPSA) is 79.0 Å². The molecule has 7 nitrogen and oxygen atoms in total. The van der Waals surface area contributed by atoms with Gasteiger partial charge in [-0.2, -0.15) is 0 Å². The van der Waals surface area contributed by atoms with Crippen LogP contribution in [-0.4, -0.2) is 59.4 Å². The average Bonchev–Trinajstić information content (AvgIpc) is 3.53. The van der Waals surface area contributed by atoms with Gasteiger partial charge in [-0.3, -0.25) is 14.4 Å². The van der Waals surface area contributed by atoms with Gasteiger partial charge in [-0.15, -0.1) is 11.3 Å². The van der Waals surface area contributed by atoms with Crippen molar-refractivity contribution < 1.29 is 19.1 Å². The number of carbonyl (C=O) groups excluding carboxylic acids is 3. The van der Waals surface area contributed by atoms with Crippen LogP contribution in [0.15, 0.2) is 47.8 Å². The fraction of sp³-hybridized carbons (Fsp3) is 0.414. The summed E-state index contributed by atoms with van der Waals surface area (Å²) in [5.74, 6) is -0.440. The molecular formula is C29H33N3O4S. The predicted molar refractivity (Wildman–Crippen MR) is 146 cm³/mol. The lowest BCUT2D eigenvalue weighted by molar-refractivity contribution is -0.150. The van der Waals surface area contributed by atoms with Crippen molar-refractivity contribution in [3.63, 3.8) is 0 Å². The second-order valence-electron chi connectivity index (χ2n) is 9.93. The van der Waals surface area contributed by atoms with Crippen LogP contribution >= 0.6 is 11.3 Å². The van der Waals surface area contributed by atoms with E-state index in [1.165, 1.54) is 5.56 Å². The molecule has 1 unspecified atom stereocenters. The summed E-state index contributed by atoms with van der Waals surface area (Å²) in [6.07, 6.45) is 2.38. The molecule has 1 fully saturated rings. The number of thiophene rings is 1. The first kappa shape index (κ1) is 25.3. The molecule has 5 rings (SSSR count).